The second kappa shape index (κ2) is 9.10. The highest BCUT2D eigenvalue weighted by Crippen LogP contribution is 2.29. The van der Waals surface area contributed by atoms with E-state index in [2.05, 4.69) is 30.3 Å². The SMILES string of the molecule is O=c1ccc(OC(F)F)cn1-c1ccc(N[C@H]2CC[C@H](Nc3nc4cccnc4s3)C2)nc1. The number of aromatic nitrogens is 4. The monoisotopic (exact) mass is 470 g/mol. The van der Waals surface area contributed by atoms with E-state index >= 15 is 0 Å². The molecule has 0 radical (unpaired) electrons. The molecule has 2 atom stereocenters. The molecule has 1 saturated carbocycles. The van der Waals surface area contributed by atoms with Gasteiger partial charge in [0.15, 0.2) is 5.13 Å². The van der Waals surface area contributed by atoms with E-state index in [0.29, 0.717) is 17.5 Å². The summed E-state index contributed by atoms with van der Waals surface area (Å²) in [5, 5.41) is 7.80. The van der Waals surface area contributed by atoms with Crippen molar-refractivity contribution in [3.05, 3.63) is 65.3 Å². The van der Waals surface area contributed by atoms with Crippen molar-refractivity contribution in [1.82, 2.24) is 19.5 Å². The maximum absolute atomic E-state index is 12.5. The fourth-order valence-electron chi connectivity index (χ4n) is 3.91. The van der Waals surface area contributed by atoms with Crippen LogP contribution in [-0.2, 0) is 0 Å². The zero-order valence-corrected chi connectivity index (χ0v) is 18.1. The van der Waals surface area contributed by atoms with Crippen LogP contribution in [0, 0.1) is 0 Å². The van der Waals surface area contributed by atoms with Crippen molar-refractivity contribution in [3.63, 3.8) is 0 Å². The Morgan fingerprint density at radius 2 is 1.94 bits per heavy atom. The first-order valence-electron chi connectivity index (χ1n) is 10.4. The van der Waals surface area contributed by atoms with E-state index in [-0.39, 0.29) is 17.4 Å². The Hall–Kier alpha value is -3.60. The lowest BCUT2D eigenvalue weighted by molar-refractivity contribution is -0.0502. The first kappa shape index (κ1) is 21.3. The number of rotatable bonds is 7. The van der Waals surface area contributed by atoms with Crippen LogP contribution >= 0.6 is 11.3 Å². The van der Waals surface area contributed by atoms with Crippen molar-refractivity contribution in [1.29, 1.82) is 0 Å². The lowest BCUT2D eigenvalue weighted by Gasteiger charge is -2.15. The average molecular weight is 471 g/mol. The molecule has 0 saturated heterocycles. The van der Waals surface area contributed by atoms with E-state index in [4.69, 9.17) is 0 Å². The maximum Gasteiger partial charge on any atom is 0.387 e. The third-order valence-corrected chi connectivity index (χ3v) is 6.32. The normalized spacial score (nSPS) is 18.0. The second-order valence-electron chi connectivity index (χ2n) is 7.70. The summed E-state index contributed by atoms with van der Waals surface area (Å²) in [4.78, 5) is 26.4. The van der Waals surface area contributed by atoms with Crippen LogP contribution in [0.4, 0.5) is 19.7 Å². The summed E-state index contributed by atoms with van der Waals surface area (Å²) in [6.45, 7) is -2.96. The van der Waals surface area contributed by atoms with Crippen molar-refractivity contribution in [3.8, 4) is 11.4 Å². The quantitative estimate of drug-likeness (QED) is 0.416. The molecule has 0 spiro atoms. The first-order valence-corrected chi connectivity index (χ1v) is 11.2. The Morgan fingerprint density at radius 3 is 2.70 bits per heavy atom. The molecule has 5 rings (SSSR count). The Morgan fingerprint density at radius 1 is 1.09 bits per heavy atom. The maximum atomic E-state index is 12.5. The molecule has 0 bridgehead atoms. The molecule has 4 aromatic heterocycles. The van der Waals surface area contributed by atoms with Crippen LogP contribution in [0.2, 0.25) is 0 Å². The number of nitrogens with zero attached hydrogens (tertiary/aromatic N) is 4. The van der Waals surface area contributed by atoms with Crippen LogP contribution in [-0.4, -0.2) is 38.2 Å². The van der Waals surface area contributed by atoms with Crippen LogP contribution in [0.5, 0.6) is 5.75 Å². The van der Waals surface area contributed by atoms with Gasteiger partial charge in [0, 0.05) is 24.3 Å². The molecule has 4 heterocycles. The third kappa shape index (κ3) is 4.92. The molecule has 4 aromatic rings. The summed E-state index contributed by atoms with van der Waals surface area (Å²) in [7, 11) is 0. The first-order chi connectivity index (χ1) is 16.0. The van der Waals surface area contributed by atoms with Gasteiger partial charge in [0.1, 0.15) is 21.9 Å². The second-order valence-corrected chi connectivity index (χ2v) is 8.67. The van der Waals surface area contributed by atoms with E-state index in [1.807, 2.05) is 12.1 Å². The van der Waals surface area contributed by atoms with Crippen LogP contribution in [0.1, 0.15) is 19.3 Å². The van der Waals surface area contributed by atoms with E-state index < -0.39 is 6.61 Å². The minimum atomic E-state index is -2.96. The number of ether oxygens (including phenoxy) is 1. The van der Waals surface area contributed by atoms with E-state index in [0.717, 1.165) is 34.7 Å². The van der Waals surface area contributed by atoms with Gasteiger partial charge in [-0.15, -0.1) is 0 Å². The van der Waals surface area contributed by atoms with Gasteiger partial charge in [-0.2, -0.15) is 8.78 Å². The third-order valence-electron chi connectivity index (χ3n) is 5.41. The molecule has 11 heteroatoms. The van der Waals surface area contributed by atoms with E-state index in [1.54, 1.807) is 29.7 Å². The van der Waals surface area contributed by atoms with Gasteiger partial charge in [-0.3, -0.25) is 9.36 Å². The summed E-state index contributed by atoms with van der Waals surface area (Å²) in [6, 6.07) is 10.3. The Balaban J connectivity index is 1.21. The molecular formula is C22H20F2N6O2S. The predicted molar refractivity (Wildman–Crippen MR) is 123 cm³/mol. The minimum absolute atomic E-state index is 0.0970. The standard InChI is InChI=1S/C22H20F2N6O2S/c23-21(24)32-16-6-8-19(31)30(12-16)15-5-7-18(26-11-15)27-13-3-4-14(10-13)28-22-29-17-2-1-9-25-20(17)33-22/h1-2,5-9,11-14,21H,3-4,10H2,(H,26,27)(H,28,29)/t13-,14-/m0/s1. The largest absolute Gasteiger partial charge is 0.433 e. The minimum Gasteiger partial charge on any atom is -0.433 e. The topological polar surface area (TPSA) is 94.0 Å². The summed E-state index contributed by atoms with van der Waals surface area (Å²) < 4.78 is 30.5. The molecule has 1 aliphatic carbocycles. The molecule has 33 heavy (non-hydrogen) atoms. The zero-order chi connectivity index (χ0) is 22.8. The highest BCUT2D eigenvalue weighted by Gasteiger charge is 2.25. The van der Waals surface area contributed by atoms with Crippen molar-refractivity contribution in [2.75, 3.05) is 10.6 Å². The summed E-state index contributed by atoms with van der Waals surface area (Å²) >= 11 is 1.55. The molecule has 170 valence electrons. The van der Waals surface area contributed by atoms with Crippen LogP contribution in [0.25, 0.3) is 16.0 Å². The highest BCUT2D eigenvalue weighted by atomic mass is 32.1. The fourth-order valence-corrected chi connectivity index (χ4v) is 4.80. The smallest absolute Gasteiger partial charge is 0.387 e. The van der Waals surface area contributed by atoms with Gasteiger partial charge in [0.2, 0.25) is 0 Å². The molecule has 1 aliphatic rings. The summed E-state index contributed by atoms with van der Waals surface area (Å²) in [5.41, 5.74) is 0.988. The van der Waals surface area contributed by atoms with Crippen molar-refractivity contribution in [2.24, 2.45) is 0 Å². The van der Waals surface area contributed by atoms with Crippen LogP contribution in [0.15, 0.2) is 59.8 Å². The number of anilines is 2. The molecule has 8 nitrogen and oxygen atoms in total. The number of hydrogen-bond donors (Lipinski definition) is 2. The van der Waals surface area contributed by atoms with Gasteiger partial charge >= 0.3 is 6.61 Å². The number of nitrogens with one attached hydrogen (secondary N) is 2. The fraction of sp³-hybridized carbons (Fsp3) is 0.273. The lowest BCUT2D eigenvalue weighted by Crippen LogP contribution is -2.21. The van der Waals surface area contributed by atoms with E-state index in [1.165, 1.54) is 29.1 Å². The molecular weight excluding hydrogens is 450 g/mol. The van der Waals surface area contributed by atoms with Crippen molar-refractivity contribution >= 4 is 32.6 Å². The number of halogens is 2. The molecule has 0 aliphatic heterocycles. The van der Waals surface area contributed by atoms with Gasteiger partial charge < -0.3 is 15.4 Å². The zero-order valence-electron chi connectivity index (χ0n) is 17.3. The van der Waals surface area contributed by atoms with Gasteiger partial charge in [-0.05, 0) is 49.6 Å². The van der Waals surface area contributed by atoms with Crippen molar-refractivity contribution < 1.29 is 13.5 Å². The number of alkyl halides is 2. The molecule has 1 fully saturated rings. The predicted octanol–water partition coefficient (Wildman–Crippen LogP) is 4.28. The molecule has 0 aromatic carbocycles. The van der Waals surface area contributed by atoms with Crippen molar-refractivity contribution in [2.45, 2.75) is 38.0 Å². The lowest BCUT2D eigenvalue weighted by atomic mass is 10.2. The van der Waals surface area contributed by atoms with Crippen LogP contribution < -0.4 is 20.9 Å². The Labute approximate surface area is 191 Å². The van der Waals surface area contributed by atoms with Gasteiger partial charge in [-0.1, -0.05) is 11.3 Å². The van der Waals surface area contributed by atoms with Gasteiger partial charge in [-0.25, -0.2) is 15.0 Å². The van der Waals surface area contributed by atoms with Gasteiger partial charge in [0.05, 0.1) is 18.1 Å². The molecule has 2 N–H and O–H groups in total. The molecule has 0 amide bonds. The van der Waals surface area contributed by atoms with Gasteiger partial charge in [0.25, 0.3) is 5.56 Å². The van der Waals surface area contributed by atoms with E-state index in [9.17, 15) is 13.6 Å². The summed E-state index contributed by atoms with van der Waals surface area (Å²) in [6.07, 6.45) is 7.42. The number of fused-ring (bicyclic) bond motifs is 1. The Kier molecular flexibility index (Phi) is 5.86. The van der Waals surface area contributed by atoms with Crippen LogP contribution in [0.3, 0.4) is 0 Å². The number of thiazole rings is 1. The highest BCUT2D eigenvalue weighted by molar-refractivity contribution is 7.21. The summed E-state index contributed by atoms with van der Waals surface area (Å²) in [5.74, 6) is 0.585. The molecule has 0 unspecified atom stereocenters. The number of hydrogen-bond acceptors (Lipinski definition) is 8. The average Bonchev–Trinajstić information content (AvgIpc) is 3.41. The number of pyridine rings is 3. The Bertz CT molecular complexity index is 1280.